The molecule has 1 atom stereocenters. The van der Waals surface area contributed by atoms with E-state index in [0.29, 0.717) is 5.52 Å². The Balaban J connectivity index is 1.63. The number of amides is 1. The van der Waals surface area contributed by atoms with Crippen LogP contribution >= 0.6 is 0 Å². The molecule has 4 rings (SSSR count). The number of aryl methyl sites for hydroxylation is 1. The second-order valence-corrected chi connectivity index (χ2v) is 6.95. The van der Waals surface area contributed by atoms with Crippen molar-refractivity contribution in [2.75, 3.05) is 6.54 Å². The molecule has 1 fully saturated rings. The second-order valence-electron chi connectivity index (χ2n) is 6.95. The highest BCUT2D eigenvalue weighted by molar-refractivity contribution is 5.90. The molecular formula is C21H22FN3O. The van der Waals surface area contributed by atoms with Gasteiger partial charge in [0.15, 0.2) is 0 Å². The van der Waals surface area contributed by atoms with E-state index in [9.17, 15) is 9.18 Å². The lowest BCUT2D eigenvalue weighted by atomic mass is 9.95. The molecule has 0 spiro atoms. The fraction of sp³-hybridized carbons (Fsp3) is 0.333. The summed E-state index contributed by atoms with van der Waals surface area (Å²) in [5.41, 5.74) is 3.31. The normalized spacial score (nSPS) is 17.6. The number of hydrogen-bond acceptors (Lipinski definition) is 2. The molecule has 5 heteroatoms. The van der Waals surface area contributed by atoms with Crippen molar-refractivity contribution < 1.29 is 9.18 Å². The number of carbonyl (C=O) groups is 1. The zero-order valence-corrected chi connectivity index (χ0v) is 14.8. The number of piperidine rings is 1. The van der Waals surface area contributed by atoms with Gasteiger partial charge < -0.3 is 9.88 Å². The van der Waals surface area contributed by atoms with Crippen LogP contribution in [0.25, 0.3) is 10.9 Å². The first kappa shape index (κ1) is 16.8. The molecular weight excluding hydrogens is 329 g/mol. The number of fused-ring (bicyclic) bond motifs is 1. The average Bonchev–Trinajstić information content (AvgIpc) is 2.99. The van der Waals surface area contributed by atoms with Gasteiger partial charge in [-0.25, -0.2) is 4.39 Å². The van der Waals surface area contributed by atoms with Crippen molar-refractivity contribution in [1.29, 1.82) is 0 Å². The lowest BCUT2D eigenvalue weighted by Gasteiger charge is -2.36. The fourth-order valence-electron chi connectivity index (χ4n) is 4.00. The lowest BCUT2D eigenvalue weighted by Crippen LogP contribution is -2.39. The number of likely N-dealkylation sites (tertiary alicyclic amines) is 1. The van der Waals surface area contributed by atoms with Crippen molar-refractivity contribution in [2.45, 2.75) is 38.6 Å². The number of para-hydroxylation sites is 1. The van der Waals surface area contributed by atoms with E-state index in [1.165, 1.54) is 6.07 Å². The van der Waals surface area contributed by atoms with Crippen LogP contribution in [0.2, 0.25) is 0 Å². The largest absolute Gasteiger partial charge is 0.356 e. The molecule has 1 N–H and O–H groups in total. The first-order chi connectivity index (χ1) is 12.6. The predicted octanol–water partition coefficient (Wildman–Crippen LogP) is 4.31. The second kappa shape index (κ2) is 6.90. The average molecular weight is 351 g/mol. The molecule has 4 nitrogen and oxygen atoms in total. The smallest absolute Gasteiger partial charge is 0.227 e. The number of pyridine rings is 1. The summed E-state index contributed by atoms with van der Waals surface area (Å²) in [6.45, 7) is 2.66. The van der Waals surface area contributed by atoms with E-state index in [1.54, 1.807) is 12.3 Å². The third-order valence-corrected chi connectivity index (χ3v) is 5.32. The maximum atomic E-state index is 14.0. The minimum atomic E-state index is -0.282. The third-order valence-electron chi connectivity index (χ3n) is 5.32. The quantitative estimate of drug-likeness (QED) is 0.764. The van der Waals surface area contributed by atoms with Gasteiger partial charge in [0, 0.05) is 30.0 Å². The number of nitrogens with zero attached hydrogens (tertiary/aromatic N) is 2. The van der Waals surface area contributed by atoms with Crippen molar-refractivity contribution in [2.24, 2.45) is 0 Å². The Kier molecular flexibility index (Phi) is 4.45. The molecule has 1 aliphatic heterocycles. The van der Waals surface area contributed by atoms with Gasteiger partial charge in [0.05, 0.1) is 18.0 Å². The molecule has 0 radical (unpaired) electrons. The molecule has 0 saturated carbocycles. The van der Waals surface area contributed by atoms with E-state index in [-0.39, 0.29) is 24.2 Å². The molecule has 3 heterocycles. The number of benzene rings is 1. The minimum Gasteiger partial charge on any atom is -0.356 e. The van der Waals surface area contributed by atoms with Gasteiger partial charge >= 0.3 is 0 Å². The minimum absolute atomic E-state index is 0.0761. The number of nitrogens with one attached hydrogen (secondary N) is 1. The van der Waals surface area contributed by atoms with Gasteiger partial charge in [-0.3, -0.25) is 9.78 Å². The van der Waals surface area contributed by atoms with Crippen LogP contribution in [0.3, 0.4) is 0 Å². The van der Waals surface area contributed by atoms with E-state index in [2.05, 4.69) is 9.97 Å². The summed E-state index contributed by atoms with van der Waals surface area (Å²) in [5, 5.41) is 0.797. The highest BCUT2D eigenvalue weighted by Crippen LogP contribution is 2.32. The van der Waals surface area contributed by atoms with Crippen molar-refractivity contribution in [3.63, 3.8) is 0 Å². The molecule has 3 aromatic rings. The number of carbonyl (C=O) groups excluding carboxylic acids is 1. The van der Waals surface area contributed by atoms with Crippen LogP contribution in [0.4, 0.5) is 4.39 Å². The van der Waals surface area contributed by atoms with Gasteiger partial charge in [0.25, 0.3) is 0 Å². The van der Waals surface area contributed by atoms with Gasteiger partial charge in [-0.15, -0.1) is 0 Å². The van der Waals surface area contributed by atoms with Gasteiger partial charge in [-0.05, 0) is 49.4 Å². The fourth-order valence-corrected chi connectivity index (χ4v) is 4.00. The van der Waals surface area contributed by atoms with Crippen molar-refractivity contribution in [3.8, 4) is 0 Å². The van der Waals surface area contributed by atoms with Gasteiger partial charge in [-0.2, -0.15) is 0 Å². The van der Waals surface area contributed by atoms with Gasteiger partial charge in [0.1, 0.15) is 5.82 Å². The third kappa shape index (κ3) is 2.98. The highest BCUT2D eigenvalue weighted by atomic mass is 19.1. The summed E-state index contributed by atoms with van der Waals surface area (Å²) in [6, 6.07) is 9.03. The number of aromatic amines is 1. The topological polar surface area (TPSA) is 49.0 Å². The van der Waals surface area contributed by atoms with Crippen LogP contribution in [0.15, 0.2) is 42.7 Å². The predicted molar refractivity (Wildman–Crippen MR) is 99.2 cm³/mol. The van der Waals surface area contributed by atoms with E-state index in [0.717, 1.165) is 48.0 Å². The maximum Gasteiger partial charge on any atom is 0.227 e. The molecule has 1 aliphatic rings. The number of rotatable bonds is 3. The zero-order chi connectivity index (χ0) is 18.1. The van der Waals surface area contributed by atoms with E-state index in [1.807, 2.05) is 36.2 Å². The molecule has 2 aromatic heterocycles. The van der Waals surface area contributed by atoms with Gasteiger partial charge in [0.2, 0.25) is 5.91 Å². The standard InChI is InChI=1S/C21H22FN3O/c1-14-17(16-7-4-8-18(22)21(16)24-14)12-20(26)25-11-3-2-9-19(25)15-6-5-10-23-13-15/h4-8,10,13,19,24H,2-3,9,11-12H2,1H3/t19-/m0/s1. The number of aromatic nitrogens is 2. The van der Waals surface area contributed by atoms with Crippen LogP contribution < -0.4 is 0 Å². The molecule has 0 bridgehead atoms. The molecule has 1 aromatic carbocycles. The Labute approximate surface area is 152 Å². The maximum absolute atomic E-state index is 14.0. The molecule has 1 saturated heterocycles. The number of H-pyrrole nitrogens is 1. The summed E-state index contributed by atoms with van der Waals surface area (Å²) < 4.78 is 14.0. The van der Waals surface area contributed by atoms with Crippen LogP contribution in [-0.4, -0.2) is 27.3 Å². The Morgan fingerprint density at radius 2 is 2.19 bits per heavy atom. The zero-order valence-electron chi connectivity index (χ0n) is 14.8. The number of hydrogen-bond donors (Lipinski definition) is 1. The van der Waals surface area contributed by atoms with Crippen molar-refractivity contribution >= 4 is 16.8 Å². The van der Waals surface area contributed by atoms with E-state index in [4.69, 9.17) is 0 Å². The summed E-state index contributed by atoms with van der Waals surface area (Å²) in [7, 11) is 0. The van der Waals surface area contributed by atoms with E-state index >= 15 is 0 Å². The summed E-state index contributed by atoms with van der Waals surface area (Å²) >= 11 is 0. The lowest BCUT2D eigenvalue weighted by molar-refractivity contribution is -0.134. The summed E-state index contributed by atoms with van der Waals surface area (Å²) in [4.78, 5) is 22.4. The van der Waals surface area contributed by atoms with Crippen molar-refractivity contribution in [3.05, 3.63) is 65.4 Å². The monoisotopic (exact) mass is 351 g/mol. The molecule has 0 aliphatic carbocycles. The Morgan fingerprint density at radius 1 is 1.31 bits per heavy atom. The number of halogens is 1. The molecule has 26 heavy (non-hydrogen) atoms. The molecule has 134 valence electrons. The van der Waals surface area contributed by atoms with Crippen molar-refractivity contribution in [1.82, 2.24) is 14.9 Å². The highest BCUT2D eigenvalue weighted by Gasteiger charge is 2.29. The summed E-state index contributed by atoms with van der Waals surface area (Å²) in [5.74, 6) is -0.192. The van der Waals surface area contributed by atoms with E-state index < -0.39 is 0 Å². The van der Waals surface area contributed by atoms with Crippen LogP contribution in [0, 0.1) is 12.7 Å². The van der Waals surface area contributed by atoms with Gasteiger partial charge in [-0.1, -0.05) is 18.2 Å². The Bertz CT molecular complexity index is 935. The van der Waals surface area contributed by atoms with Crippen LogP contribution in [-0.2, 0) is 11.2 Å². The molecule has 1 amide bonds. The Morgan fingerprint density at radius 3 is 3.00 bits per heavy atom. The summed E-state index contributed by atoms with van der Waals surface area (Å²) in [6.07, 6.45) is 6.97. The SMILES string of the molecule is Cc1[nH]c2c(F)cccc2c1CC(=O)N1CCCC[C@H]1c1cccnc1. The molecule has 0 unspecified atom stereocenters. The first-order valence-electron chi connectivity index (χ1n) is 9.10. The van der Waals surface area contributed by atoms with Crippen LogP contribution in [0.1, 0.15) is 42.1 Å². The first-order valence-corrected chi connectivity index (χ1v) is 9.10. The Hall–Kier alpha value is -2.69. The van der Waals surface area contributed by atoms with Crippen LogP contribution in [0.5, 0.6) is 0 Å².